The van der Waals surface area contributed by atoms with Crippen LogP contribution in [0.4, 0.5) is 11.4 Å². The molecule has 1 heterocycles. The average molecular weight is 273 g/mol. The maximum Gasteiger partial charge on any atom is 0.292 e. The van der Waals surface area contributed by atoms with Gasteiger partial charge in [0.25, 0.3) is 5.69 Å². The van der Waals surface area contributed by atoms with Crippen molar-refractivity contribution >= 4 is 11.4 Å². The van der Waals surface area contributed by atoms with Gasteiger partial charge < -0.3 is 4.90 Å². The van der Waals surface area contributed by atoms with Crippen molar-refractivity contribution in [1.82, 2.24) is 0 Å². The van der Waals surface area contributed by atoms with Crippen LogP contribution >= 0.6 is 0 Å². The van der Waals surface area contributed by atoms with Gasteiger partial charge in [-0.25, -0.2) is 0 Å². The van der Waals surface area contributed by atoms with Crippen molar-refractivity contribution in [1.29, 1.82) is 5.26 Å². The van der Waals surface area contributed by atoms with Gasteiger partial charge in [0, 0.05) is 25.1 Å². The number of nitrogens with zero attached hydrogens (tertiary/aromatic N) is 3. The largest absolute Gasteiger partial charge is 0.366 e. The zero-order valence-corrected chi connectivity index (χ0v) is 11.9. The van der Waals surface area contributed by atoms with Crippen LogP contribution in [0.25, 0.3) is 0 Å². The van der Waals surface area contributed by atoms with E-state index in [-0.39, 0.29) is 16.5 Å². The standard InChI is InChI=1S/C15H19N3O2/c1-11(2)13-3-4-14(18(19)20)15(9-13)17-7-5-12(10-16)6-8-17/h3-4,9,11-12H,5-8H2,1-2H3. The molecule has 106 valence electrons. The van der Waals surface area contributed by atoms with Crippen LogP contribution < -0.4 is 4.90 Å². The Bertz CT molecular complexity index is 541. The van der Waals surface area contributed by atoms with E-state index in [0.29, 0.717) is 24.7 Å². The lowest BCUT2D eigenvalue weighted by atomic mass is 9.96. The molecular formula is C15H19N3O2. The molecule has 1 aromatic rings. The SMILES string of the molecule is CC(C)c1ccc([N+](=O)[O-])c(N2CCC(C#N)CC2)c1. The van der Waals surface area contributed by atoms with Crippen LogP contribution in [0.2, 0.25) is 0 Å². The van der Waals surface area contributed by atoms with Gasteiger partial charge in [0.15, 0.2) is 0 Å². The minimum atomic E-state index is -0.324. The Hall–Kier alpha value is -2.09. The summed E-state index contributed by atoms with van der Waals surface area (Å²) in [6, 6.07) is 7.63. The molecule has 20 heavy (non-hydrogen) atoms. The summed E-state index contributed by atoms with van der Waals surface area (Å²) in [6.45, 7) is 5.57. The van der Waals surface area contributed by atoms with Gasteiger partial charge >= 0.3 is 0 Å². The number of benzene rings is 1. The van der Waals surface area contributed by atoms with Crippen molar-refractivity contribution in [2.45, 2.75) is 32.6 Å². The van der Waals surface area contributed by atoms with Crippen molar-refractivity contribution in [2.24, 2.45) is 5.92 Å². The van der Waals surface area contributed by atoms with E-state index in [4.69, 9.17) is 5.26 Å². The van der Waals surface area contributed by atoms with E-state index >= 15 is 0 Å². The zero-order valence-electron chi connectivity index (χ0n) is 11.9. The molecule has 1 aliphatic heterocycles. The Morgan fingerprint density at radius 3 is 2.55 bits per heavy atom. The van der Waals surface area contributed by atoms with Gasteiger partial charge in [-0.1, -0.05) is 19.9 Å². The number of nitro groups is 1. The summed E-state index contributed by atoms with van der Waals surface area (Å²) in [6.07, 6.45) is 1.55. The van der Waals surface area contributed by atoms with Crippen LogP contribution in [0.5, 0.6) is 0 Å². The molecule has 0 aliphatic carbocycles. The molecule has 0 N–H and O–H groups in total. The molecule has 0 radical (unpaired) electrons. The maximum absolute atomic E-state index is 11.2. The third-order valence-corrected chi connectivity index (χ3v) is 3.88. The van der Waals surface area contributed by atoms with E-state index < -0.39 is 0 Å². The summed E-state index contributed by atoms with van der Waals surface area (Å²) in [5.74, 6) is 0.421. The fourth-order valence-electron chi connectivity index (χ4n) is 2.56. The monoisotopic (exact) mass is 273 g/mol. The minimum absolute atomic E-state index is 0.0820. The Balaban J connectivity index is 2.31. The van der Waals surface area contributed by atoms with Crippen molar-refractivity contribution in [2.75, 3.05) is 18.0 Å². The lowest BCUT2D eigenvalue weighted by molar-refractivity contribution is -0.384. The second-order valence-corrected chi connectivity index (χ2v) is 5.55. The fraction of sp³-hybridized carbons (Fsp3) is 0.533. The third-order valence-electron chi connectivity index (χ3n) is 3.88. The van der Waals surface area contributed by atoms with Crippen LogP contribution in [0, 0.1) is 27.4 Å². The van der Waals surface area contributed by atoms with E-state index in [9.17, 15) is 10.1 Å². The topological polar surface area (TPSA) is 70.2 Å². The summed E-state index contributed by atoms with van der Waals surface area (Å²) in [5.41, 5.74) is 1.95. The van der Waals surface area contributed by atoms with Crippen molar-refractivity contribution in [3.05, 3.63) is 33.9 Å². The van der Waals surface area contributed by atoms with Crippen LogP contribution in [-0.2, 0) is 0 Å². The number of nitro benzene ring substituents is 1. The van der Waals surface area contributed by atoms with Crippen LogP contribution in [0.3, 0.4) is 0 Å². The number of hydrogen-bond donors (Lipinski definition) is 0. The normalized spacial score (nSPS) is 16.2. The number of nitriles is 1. The van der Waals surface area contributed by atoms with E-state index in [2.05, 4.69) is 19.9 Å². The molecular weight excluding hydrogens is 254 g/mol. The van der Waals surface area contributed by atoms with E-state index in [1.54, 1.807) is 6.07 Å². The molecule has 0 atom stereocenters. The predicted molar refractivity (Wildman–Crippen MR) is 77.7 cm³/mol. The van der Waals surface area contributed by atoms with E-state index in [1.165, 1.54) is 0 Å². The Morgan fingerprint density at radius 1 is 1.40 bits per heavy atom. The summed E-state index contributed by atoms with van der Waals surface area (Å²) >= 11 is 0. The lowest BCUT2D eigenvalue weighted by Gasteiger charge is -2.31. The summed E-state index contributed by atoms with van der Waals surface area (Å²) < 4.78 is 0. The Morgan fingerprint density at radius 2 is 2.05 bits per heavy atom. The molecule has 0 spiro atoms. The molecule has 0 aromatic heterocycles. The van der Waals surface area contributed by atoms with Gasteiger partial charge in [-0.15, -0.1) is 0 Å². The van der Waals surface area contributed by atoms with Crippen molar-refractivity contribution < 1.29 is 4.92 Å². The first-order chi connectivity index (χ1) is 9.52. The minimum Gasteiger partial charge on any atom is -0.366 e. The predicted octanol–water partition coefficient (Wildman–Crippen LogP) is 3.46. The van der Waals surface area contributed by atoms with Gasteiger partial charge in [-0.3, -0.25) is 10.1 Å². The van der Waals surface area contributed by atoms with Crippen molar-refractivity contribution in [3.63, 3.8) is 0 Å². The highest BCUT2D eigenvalue weighted by atomic mass is 16.6. The summed E-state index contributed by atoms with van der Waals surface area (Å²) in [5, 5.41) is 20.1. The van der Waals surface area contributed by atoms with Gasteiger partial charge in [0.05, 0.1) is 11.0 Å². The zero-order chi connectivity index (χ0) is 14.7. The molecule has 1 aromatic carbocycles. The molecule has 5 nitrogen and oxygen atoms in total. The molecule has 5 heteroatoms. The van der Waals surface area contributed by atoms with E-state index in [1.807, 2.05) is 17.0 Å². The molecule has 0 amide bonds. The molecule has 0 saturated carbocycles. The first-order valence-corrected chi connectivity index (χ1v) is 6.96. The smallest absolute Gasteiger partial charge is 0.292 e. The first kappa shape index (κ1) is 14.3. The second kappa shape index (κ2) is 5.91. The van der Waals surface area contributed by atoms with Crippen LogP contribution in [0.1, 0.15) is 38.2 Å². The lowest BCUT2D eigenvalue weighted by Crippen LogP contribution is -2.33. The molecule has 2 rings (SSSR count). The highest BCUT2D eigenvalue weighted by Crippen LogP contribution is 2.34. The van der Waals surface area contributed by atoms with Crippen molar-refractivity contribution in [3.8, 4) is 6.07 Å². The van der Waals surface area contributed by atoms with Crippen LogP contribution in [-0.4, -0.2) is 18.0 Å². The molecule has 1 fully saturated rings. The Kier molecular flexibility index (Phi) is 4.23. The quantitative estimate of drug-likeness (QED) is 0.624. The fourth-order valence-corrected chi connectivity index (χ4v) is 2.56. The highest BCUT2D eigenvalue weighted by Gasteiger charge is 2.25. The van der Waals surface area contributed by atoms with Gasteiger partial charge in [0.1, 0.15) is 5.69 Å². The summed E-state index contributed by atoms with van der Waals surface area (Å²) in [4.78, 5) is 12.9. The average Bonchev–Trinajstić information content (AvgIpc) is 2.46. The van der Waals surface area contributed by atoms with Crippen LogP contribution in [0.15, 0.2) is 18.2 Å². The number of rotatable bonds is 3. The third kappa shape index (κ3) is 2.90. The molecule has 1 saturated heterocycles. The highest BCUT2D eigenvalue weighted by molar-refractivity contribution is 5.65. The number of anilines is 1. The Labute approximate surface area is 119 Å². The number of piperidine rings is 1. The van der Waals surface area contributed by atoms with Gasteiger partial charge in [-0.2, -0.15) is 5.26 Å². The first-order valence-electron chi connectivity index (χ1n) is 6.96. The molecule has 0 unspecified atom stereocenters. The molecule has 1 aliphatic rings. The van der Waals surface area contributed by atoms with Gasteiger partial charge in [-0.05, 0) is 30.4 Å². The molecule has 0 bridgehead atoms. The number of hydrogen-bond acceptors (Lipinski definition) is 4. The summed E-state index contributed by atoms with van der Waals surface area (Å²) in [7, 11) is 0. The van der Waals surface area contributed by atoms with E-state index in [0.717, 1.165) is 18.4 Å². The van der Waals surface area contributed by atoms with Gasteiger partial charge in [0.2, 0.25) is 0 Å². The maximum atomic E-state index is 11.2. The second-order valence-electron chi connectivity index (χ2n) is 5.55.